The first kappa shape index (κ1) is 32.3. The molecule has 12 nitrogen and oxygen atoms in total. The highest BCUT2D eigenvalue weighted by molar-refractivity contribution is 9.10. The van der Waals surface area contributed by atoms with Gasteiger partial charge in [-0.05, 0) is 93.5 Å². The third-order valence-electron chi connectivity index (χ3n) is 8.68. The Balaban J connectivity index is 1.37. The van der Waals surface area contributed by atoms with Gasteiger partial charge in [-0.2, -0.15) is 5.10 Å². The molecule has 0 radical (unpaired) electrons. The molecule has 4 aromatic rings. The van der Waals surface area contributed by atoms with Gasteiger partial charge in [-0.25, -0.2) is 9.08 Å². The molecule has 2 aromatic heterocycles. The molecule has 1 N–H and O–H groups in total. The number of amides is 2. The van der Waals surface area contributed by atoms with E-state index in [0.29, 0.717) is 46.1 Å². The average molecular weight is 713 g/mol. The first-order valence-electron chi connectivity index (χ1n) is 15.0. The predicted molar refractivity (Wildman–Crippen MR) is 174 cm³/mol. The maximum atomic E-state index is 14.3. The number of hydrogen-bond acceptors (Lipinski definition) is 7. The quantitative estimate of drug-likeness (QED) is 0.192. The molecule has 6 rings (SSSR count). The van der Waals surface area contributed by atoms with Crippen molar-refractivity contribution in [3.63, 3.8) is 0 Å². The van der Waals surface area contributed by atoms with Crippen LogP contribution in [0.2, 0.25) is 0 Å². The number of aryl methyl sites for hydroxylation is 1. The van der Waals surface area contributed by atoms with Crippen LogP contribution in [0.25, 0.3) is 11.3 Å². The van der Waals surface area contributed by atoms with Crippen LogP contribution in [0.4, 0.5) is 0 Å². The summed E-state index contributed by atoms with van der Waals surface area (Å²) in [6.07, 6.45) is 5.22. The van der Waals surface area contributed by atoms with E-state index in [4.69, 9.17) is 9.62 Å². The summed E-state index contributed by atoms with van der Waals surface area (Å²) in [7, 11) is -1.77. The molecule has 2 aliphatic rings. The fourth-order valence-corrected chi connectivity index (χ4v) is 6.53. The van der Waals surface area contributed by atoms with E-state index in [0.717, 1.165) is 46.9 Å². The zero-order chi connectivity index (χ0) is 32.9. The second kappa shape index (κ2) is 12.5. The molecule has 2 unspecified atom stereocenters. The first-order chi connectivity index (χ1) is 21.9. The lowest BCUT2D eigenvalue weighted by Crippen LogP contribution is -2.46. The third kappa shape index (κ3) is 6.22. The zero-order valence-corrected chi connectivity index (χ0v) is 28.5. The van der Waals surface area contributed by atoms with Gasteiger partial charge in [0.05, 0.1) is 24.1 Å². The summed E-state index contributed by atoms with van der Waals surface area (Å²) in [6, 6.07) is 11.9. The van der Waals surface area contributed by atoms with Crippen molar-refractivity contribution in [3.8, 4) is 5.69 Å². The summed E-state index contributed by atoms with van der Waals surface area (Å²) < 4.78 is 25.2. The number of aromatic nitrogens is 3. The Bertz CT molecular complexity index is 1950. The van der Waals surface area contributed by atoms with Crippen molar-refractivity contribution in [1.82, 2.24) is 24.0 Å². The largest absolute Gasteiger partial charge is 0.473 e. The molecule has 242 valence electrons. The van der Waals surface area contributed by atoms with Crippen LogP contribution in [0, 0.1) is 12.8 Å². The lowest BCUT2D eigenvalue weighted by Gasteiger charge is -2.35. The Morgan fingerprint density at radius 2 is 1.85 bits per heavy atom. The summed E-state index contributed by atoms with van der Waals surface area (Å²) in [4.78, 5) is 53.5. The smallest absolute Gasteiger partial charge is 0.330 e. The fourth-order valence-electron chi connectivity index (χ4n) is 5.86. The monoisotopic (exact) mass is 711 g/mol. The van der Waals surface area contributed by atoms with E-state index in [1.54, 1.807) is 44.3 Å². The van der Waals surface area contributed by atoms with Crippen LogP contribution in [0.15, 0.2) is 57.9 Å². The highest BCUT2D eigenvalue weighted by Crippen LogP contribution is 2.42. The van der Waals surface area contributed by atoms with Gasteiger partial charge in [-0.1, -0.05) is 15.9 Å². The molecule has 0 saturated heterocycles. The zero-order valence-electron chi connectivity index (χ0n) is 26.0. The fraction of sp³-hybridized carbons (Fsp3) is 0.375. The summed E-state index contributed by atoms with van der Waals surface area (Å²) >= 11 is 3.51. The molecule has 1 fully saturated rings. The normalized spacial score (nSPS) is 17.5. The van der Waals surface area contributed by atoms with Crippen LogP contribution in [0.1, 0.15) is 62.9 Å². The van der Waals surface area contributed by atoms with Crippen molar-refractivity contribution in [2.75, 3.05) is 20.9 Å². The number of fused-ring (bicyclic) bond motifs is 3. The maximum Gasteiger partial charge on any atom is 0.473 e. The highest BCUT2D eigenvalue weighted by atomic mass is 79.9. The summed E-state index contributed by atoms with van der Waals surface area (Å²) in [6.45, 7) is 3.69. The summed E-state index contributed by atoms with van der Waals surface area (Å²) in [5.41, 5.74) is 5.15. The van der Waals surface area contributed by atoms with Crippen molar-refractivity contribution in [3.05, 3.63) is 97.0 Å². The molecule has 1 aliphatic heterocycles. The standard InChI is InChI=1S/C32H35BrN5O7P/c1-19-13-23(9-12-27(19)33)31(40)36-17-28-26(14-20(36)2)32(41)37(29-24(15-21-5-6-21)16-34-38(28)29)25-10-7-22(8-11-25)30(39)35(3)18-45-46(42,43)44-4/h7-13,16,20-21H,5-6,14-15,17-18H2,1-4H3,(H,42,43). The topological polar surface area (TPSA) is 136 Å². The molecule has 0 spiro atoms. The van der Waals surface area contributed by atoms with E-state index in [-0.39, 0.29) is 24.1 Å². The average Bonchev–Trinajstić information content (AvgIpc) is 3.78. The molecule has 2 aromatic carbocycles. The number of hydrogen-bond donors (Lipinski definition) is 1. The number of rotatable bonds is 9. The van der Waals surface area contributed by atoms with E-state index in [2.05, 4.69) is 20.5 Å². The number of phosphoric ester groups is 1. The van der Waals surface area contributed by atoms with Crippen LogP contribution >= 0.6 is 23.8 Å². The van der Waals surface area contributed by atoms with Gasteiger partial charge in [0.1, 0.15) is 12.4 Å². The third-order valence-corrected chi connectivity index (χ3v) is 10.5. The Kier molecular flexibility index (Phi) is 8.81. The molecule has 2 amide bonds. The molecule has 2 atom stereocenters. The van der Waals surface area contributed by atoms with Crippen LogP contribution in [-0.2, 0) is 33.0 Å². The van der Waals surface area contributed by atoms with Crippen molar-refractivity contribution in [2.24, 2.45) is 5.92 Å². The maximum absolute atomic E-state index is 14.3. The van der Waals surface area contributed by atoms with E-state index in [1.807, 2.05) is 32.2 Å². The van der Waals surface area contributed by atoms with Crippen molar-refractivity contribution in [1.29, 1.82) is 0 Å². The number of carbonyl (C=O) groups is 2. The van der Waals surface area contributed by atoms with Crippen molar-refractivity contribution < 1.29 is 28.1 Å². The second-order valence-corrected chi connectivity index (χ2v) is 14.4. The molecule has 0 bridgehead atoms. The van der Waals surface area contributed by atoms with E-state index >= 15 is 0 Å². The number of phosphoric acid groups is 1. The van der Waals surface area contributed by atoms with Crippen LogP contribution < -0.4 is 5.56 Å². The molecule has 1 saturated carbocycles. The Morgan fingerprint density at radius 1 is 1.15 bits per heavy atom. The van der Waals surface area contributed by atoms with Gasteiger partial charge in [0, 0.05) is 46.9 Å². The molecule has 46 heavy (non-hydrogen) atoms. The minimum atomic E-state index is -4.25. The molecular formula is C32H35BrN5O7P. The van der Waals surface area contributed by atoms with Gasteiger partial charge in [-0.3, -0.25) is 28.0 Å². The van der Waals surface area contributed by atoms with Crippen molar-refractivity contribution in [2.45, 2.75) is 52.1 Å². The minimum absolute atomic E-state index is 0.101. The number of halogens is 1. The predicted octanol–water partition coefficient (Wildman–Crippen LogP) is 4.89. The van der Waals surface area contributed by atoms with Gasteiger partial charge < -0.3 is 14.7 Å². The van der Waals surface area contributed by atoms with Crippen LogP contribution in [0.3, 0.4) is 0 Å². The van der Waals surface area contributed by atoms with Gasteiger partial charge in [0.15, 0.2) is 0 Å². The molecule has 3 heterocycles. The van der Waals surface area contributed by atoms with Gasteiger partial charge in [0.2, 0.25) is 0 Å². The molecule has 1 aliphatic carbocycles. The SMILES string of the molecule is COP(=O)(O)OCN(C)C(=O)c1ccc(-n2c(=O)c3c(n4ncc(CC5CC5)c24)CN(C(=O)c2ccc(Br)c(C)c2)C(C)C3)cc1. The molecular weight excluding hydrogens is 677 g/mol. The van der Waals surface area contributed by atoms with Crippen LogP contribution in [-0.4, -0.2) is 67.6 Å². The van der Waals surface area contributed by atoms with E-state index < -0.39 is 20.5 Å². The Morgan fingerprint density at radius 3 is 2.50 bits per heavy atom. The highest BCUT2D eigenvalue weighted by Gasteiger charge is 2.34. The van der Waals surface area contributed by atoms with Gasteiger partial charge in [-0.15, -0.1) is 0 Å². The van der Waals surface area contributed by atoms with Crippen LogP contribution in [0.5, 0.6) is 0 Å². The minimum Gasteiger partial charge on any atom is -0.330 e. The second-order valence-electron chi connectivity index (χ2n) is 12.0. The van der Waals surface area contributed by atoms with E-state index in [1.165, 1.54) is 7.05 Å². The summed E-state index contributed by atoms with van der Waals surface area (Å²) in [5, 5.41) is 4.76. The van der Waals surface area contributed by atoms with E-state index in [9.17, 15) is 23.8 Å². The number of benzene rings is 2. The lowest BCUT2D eigenvalue weighted by molar-refractivity contribution is 0.0591. The Labute approximate surface area is 274 Å². The number of carbonyl (C=O) groups excluding carboxylic acids is 2. The Hall–Kier alpha value is -3.61. The van der Waals surface area contributed by atoms with Gasteiger partial charge >= 0.3 is 7.82 Å². The number of nitrogens with zero attached hydrogens (tertiary/aromatic N) is 5. The van der Waals surface area contributed by atoms with Crippen molar-refractivity contribution >= 4 is 41.2 Å². The van der Waals surface area contributed by atoms with Gasteiger partial charge in [0.25, 0.3) is 17.4 Å². The first-order valence-corrected chi connectivity index (χ1v) is 17.3. The summed E-state index contributed by atoms with van der Waals surface area (Å²) in [5.74, 6) is -0.00332. The lowest BCUT2D eigenvalue weighted by atomic mass is 9.98. The molecule has 14 heteroatoms.